The third-order valence-corrected chi connectivity index (χ3v) is 3.09. The fraction of sp³-hybridized carbons (Fsp3) is 0.625. The molecular weight excluding hydrogens is 146 g/mol. The summed E-state index contributed by atoms with van der Waals surface area (Å²) in [4.78, 5) is 0. The van der Waals surface area contributed by atoms with E-state index in [4.69, 9.17) is 16.9 Å². The Morgan fingerprint density at radius 3 is 2.90 bits per heavy atom. The lowest BCUT2D eigenvalue weighted by molar-refractivity contribution is 0.529. The molecule has 2 bridgehead atoms. The lowest BCUT2D eigenvalue weighted by Gasteiger charge is -2.15. The molecule has 2 unspecified atom stereocenters. The van der Waals surface area contributed by atoms with Gasteiger partial charge in [-0.05, 0) is 25.2 Å². The first-order chi connectivity index (χ1) is 4.77. The van der Waals surface area contributed by atoms with Gasteiger partial charge in [-0.3, -0.25) is 0 Å². The van der Waals surface area contributed by atoms with Crippen LogP contribution in [0, 0.1) is 22.7 Å². The van der Waals surface area contributed by atoms with Gasteiger partial charge in [0, 0.05) is 5.03 Å². The summed E-state index contributed by atoms with van der Waals surface area (Å²) in [6.45, 7) is 0. The van der Waals surface area contributed by atoms with Crippen molar-refractivity contribution >= 4 is 11.6 Å². The molecule has 0 amide bonds. The molecule has 0 heterocycles. The monoisotopic (exact) mass is 153 g/mol. The van der Waals surface area contributed by atoms with Crippen LogP contribution in [0.1, 0.15) is 19.3 Å². The highest BCUT2D eigenvalue weighted by molar-refractivity contribution is 6.30. The Kier molecular flexibility index (Phi) is 1.10. The zero-order valence-corrected chi connectivity index (χ0v) is 6.36. The predicted molar refractivity (Wildman–Crippen MR) is 39.3 cm³/mol. The number of hydrogen-bond acceptors (Lipinski definition) is 1. The van der Waals surface area contributed by atoms with Gasteiger partial charge >= 0.3 is 0 Å². The molecule has 0 N–H and O–H groups in total. The highest BCUT2D eigenvalue weighted by Gasteiger charge is 2.46. The van der Waals surface area contributed by atoms with E-state index in [0.29, 0.717) is 5.92 Å². The number of nitrogens with zero attached hydrogens (tertiary/aromatic N) is 1. The topological polar surface area (TPSA) is 23.8 Å². The average Bonchev–Trinajstić information content (AvgIpc) is 2.44. The van der Waals surface area contributed by atoms with Crippen molar-refractivity contribution in [3.63, 3.8) is 0 Å². The number of hydrogen-bond donors (Lipinski definition) is 0. The number of nitriles is 1. The molecule has 0 aromatic heterocycles. The maximum atomic E-state index is 8.84. The molecule has 2 heteroatoms. The smallest absolute Gasteiger partial charge is 0.0931 e. The van der Waals surface area contributed by atoms with Crippen LogP contribution in [0.5, 0.6) is 0 Å². The van der Waals surface area contributed by atoms with Crippen molar-refractivity contribution in [1.82, 2.24) is 0 Å². The van der Waals surface area contributed by atoms with E-state index in [9.17, 15) is 0 Å². The standard InChI is InChI=1S/C8H8ClN/c9-7-3-6-1-2-8(7,4-6)5-10/h3,6H,1-2,4H2. The fourth-order valence-corrected chi connectivity index (χ4v) is 2.36. The van der Waals surface area contributed by atoms with Crippen molar-refractivity contribution in [3.8, 4) is 6.07 Å². The Hall–Kier alpha value is -0.480. The second-order valence-electron chi connectivity index (χ2n) is 3.21. The van der Waals surface area contributed by atoms with Crippen molar-refractivity contribution in [3.05, 3.63) is 11.1 Å². The van der Waals surface area contributed by atoms with E-state index >= 15 is 0 Å². The first kappa shape index (κ1) is 6.24. The van der Waals surface area contributed by atoms with Gasteiger partial charge in [0.25, 0.3) is 0 Å². The van der Waals surface area contributed by atoms with Crippen LogP contribution in [-0.4, -0.2) is 0 Å². The van der Waals surface area contributed by atoms with Gasteiger partial charge in [0.15, 0.2) is 0 Å². The molecule has 0 aliphatic heterocycles. The minimum absolute atomic E-state index is 0.258. The summed E-state index contributed by atoms with van der Waals surface area (Å²) < 4.78 is 0. The zero-order valence-electron chi connectivity index (χ0n) is 5.60. The van der Waals surface area contributed by atoms with E-state index in [1.165, 1.54) is 0 Å². The molecular formula is C8H8ClN. The molecule has 2 atom stereocenters. The lowest BCUT2D eigenvalue weighted by atomic mass is 9.90. The van der Waals surface area contributed by atoms with E-state index in [1.54, 1.807) is 0 Å². The molecule has 0 radical (unpaired) electrons. The van der Waals surface area contributed by atoms with Gasteiger partial charge in [-0.1, -0.05) is 17.7 Å². The van der Waals surface area contributed by atoms with Gasteiger partial charge in [0.05, 0.1) is 11.5 Å². The van der Waals surface area contributed by atoms with E-state index in [1.807, 2.05) is 6.08 Å². The normalized spacial score (nSPS) is 43.2. The number of rotatable bonds is 0. The minimum Gasteiger partial charge on any atom is -0.197 e. The predicted octanol–water partition coefficient (Wildman–Crippen LogP) is 2.43. The van der Waals surface area contributed by atoms with Gasteiger partial charge < -0.3 is 0 Å². The first-order valence-corrected chi connectivity index (χ1v) is 3.94. The Balaban J connectivity index is 2.42. The lowest BCUT2D eigenvalue weighted by Crippen LogP contribution is -2.10. The summed E-state index contributed by atoms with van der Waals surface area (Å²) in [6, 6.07) is 2.32. The second-order valence-corrected chi connectivity index (χ2v) is 3.62. The SMILES string of the molecule is N#CC12CCC(C=C1Cl)C2. The summed E-state index contributed by atoms with van der Waals surface area (Å²) in [6.07, 6.45) is 5.16. The summed E-state index contributed by atoms with van der Waals surface area (Å²) in [5.41, 5.74) is -0.258. The highest BCUT2D eigenvalue weighted by Crippen LogP contribution is 2.54. The van der Waals surface area contributed by atoms with Crippen molar-refractivity contribution < 1.29 is 0 Å². The molecule has 2 aliphatic rings. The molecule has 1 fully saturated rings. The summed E-state index contributed by atoms with van der Waals surface area (Å²) in [5, 5.41) is 9.64. The Morgan fingerprint density at radius 1 is 1.80 bits per heavy atom. The first-order valence-electron chi connectivity index (χ1n) is 3.56. The second kappa shape index (κ2) is 1.77. The molecule has 10 heavy (non-hydrogen) atoms. The van der Waals surface area contributed by atoms with Crippen LogP contribution in [0.4, 0.5) is 0 Å². The Labute approximate surface area is 65.3 Å². The third-order valence-electron chi connectivity index (χ3n) is 2.61. The molecule has 2 aliphatic carbocycles. The van der Waals surface area contributed by atoms with Crippen LogP contribution in [-0.2, 0) is 0 Å². The van der Waals surface area contributed by atoms with Crippen molar-refractivity contribution in [2.24, 2.45) is 11.3 Å². The molecule has 0 aromatic carbocycles. The van der Waals surface area contributed by atoms with Gasteiger partial charge in [-0.2, -0.15) is 5.26 Å². The van der Waals surface area contributed by atoms with Crippen molar-refractivity contribution in [2.75, 3.05) is 0 Å². The van der Waals surface area contributed by atoms with Gasteiger partial charge in [-0.15, -0.1) is 0 Å². The van der Waals surface area contributed by atoms with Gasteiger partial charge in [0.2, 0.25) is 0 Å². The van der Waals surface area contributed by atoms with E-state index in [2.05, 4.69) is 6.07 Å². The zero-order chi connectivity index (χ0) is 7.19. The third kappa shape index (κ3) is 0.578. The average molecular weight is 154 g/mol. The van der Waals surface area contributed by atoms with Crippen molar-refractivity contribution in [1.29, 1.82) is 5.26 Å². The highest BCUT2D eigenvalue weighted by atomic mass is 35.5. The number of halogens is 1. The maximum Gasteiger partial charge on any atom is 0.0931 e. The molecule has 1 saturated carbocycles. The largest absolute Gasteiger partial charge is 0.197 e. The quantitative estimate of drug-likeness (QED) is 0.525. The van der Waals surface area contributed by atoms with Crippen LogP contribution in [0.3, 0.4) is 0 Å². The molecule has 1 nitrogen and oxygen atoms in total. The molecule has 52 valence electrons. The van der Waals surface area contributed by atoms with E-state index in [-0.39, 0.29) is 5.41 Å². The molecule has 2 rings (SSSR count). The van der Waals surface area contributed by atoms with Crippen LogP contribution < -0.4 is 0 Å². The van der Waals surface area contributed by atoms with E-state index in [0.717, 1.165) is 24.3 Å². The summed E-state index contributed by atoms with van der Waals surface area (Å²) >= 11 is 5.90. The van der Waals surface area contributed by atoms with Crippen LogP contribution in [0.15, 0.2) is 11.1 Å². The number of fused-ring (bicyclic) bond motifs is 2. The van der Waals surface area contributed by atoms with E-state index < -0.39 is 0 Å². The van der Waals surface area contributed by atoms with Crippen LogP contribution in [0.2, 0.25) is 0 Å². The van der Waals surface area contributed by atoms with Gasteiger partial charge in [0.1, 0.15) is 0 Å². The molecule has 0 saturated heterocycles. The molecule has 0 spiro atoms. The fourth-order valence-electron chi connectivity index (χ4n) is 1.96. The number of allylic oxidation sites excluding steroid dienone is 2. The van der Waals surface area contributed by atoms with Gasteiger partial charge in [-0.25, -0.2) is 0 Å². The minimum atomic E-state index is -0.258. The summed E-state index contributed by atoms with van der Waals surface area (Å²) in [7, 11) is 0. The van der Waals surface area contributed by atoms with Crippen molar-refractivity contribution in [2.45, 2.75) is 19.3 Å². The molecule has 0 aromatic rings. The summed E-state index contributed by atoms with van der Waals surface area (Å²) in [5.74, 6) is 0.604. The van der Waals surface area contributed by atoms with Crippen LogP contribution >= 0.6 is 11.6 Å². The Bertz CT molecular complexity index is 238. The Morgan fingerprint density at radius 2 is 2.60 bits per heavy atom. The maximum absolute atomic E-state index is 8.84. The van der Waals surface area contributed by atoms with Crippen LogP contribution in [0.25, 0.3) is 0 Å².